The highest BCUT2D eigenvalue weighted by Gasteiger charge is 2.34. The molecule has 3 heterocycles. The van der Waals surface area contributed by atoms with Gasteiger partial charge in [0.1, 0.15) is 6.07 Å². The van der Waals surface area contributed by atoms with Crippen LogP contribution in [0.2, 0.25) is 5.02 Å². The number of aromatic nitrogens is 4. The summed E-state index contributed by atoms with van der Waals surface area (Å²) in [6.07, 6.45) is 1.93. The number of fused-ring (bicyclic) bond motifs is 1. The molecular weight excluding hydrogens is 488 g/mol. The van der Waals surface area contributed by atoms with E-state index >= 15 is 0 Å². The molecule has 1 saturated heterocycles. The van der Waals surface area contributed by atoms with E-state index in [0.29, 0.717) is 28.4 Å². The number of ether oxygens (including phenoxy) is 1. The number of anilines is 4. The van der Waals surface area contributed by atoms with Crippen molar-refractivity contribution >= 4 is 46.5 Å². The molecule has 184 valence electrons. The van der Waals surface area contributed by atoms with Gasteiger partial charge in [0.25, 0.3) is 0 Å². The number of aliphatic hydroxyl groups is 1. The summed E-state index contributed by atoms with van der Waals surface area (Å²) >= 11 is 6.74. The molecule has 14 heteroatoms. The molecule has 2 fully saturated rings. The first-order valence-electron chi connectivity index (χ1n) is 11.1. The zero-order valence-electron chi connectivity index (χ0n) is 19.1. The van der Waals surface area contributed by atoms with E-state index in [-0.39, 0.29) is 35.8 Å². The number of aliphatic hydroxyl groups excluding tert-OH is 1. The van der Waals surface area contributed by atoms with Crippen LogP contribution in [0.5, 0.6) is 0 Å². The van der Waals surface area contributed by atoms with Gasteiger partial charge in [-0.3, -0.25) is 0 Å². The Morgan fingerprint density at radius 3 is 2.78 bits per heavy atom. The molecule has 1 saturated carbocycles. The minimum atomic E-state index is -0.866. The fourth-order valence-corrected chi connectivity index (χ4v) is 4.26. The zero-order valence-corrected chi connectivity index (χ0v) is 19.8. The molecule has 5 rings (SSSR count). The van der Waals surface area contributed by atoms with Gasteiger partial charge < -0.3 is 30.7 Å². The van der Waals surface area contributed by atoms with Crippen LogP contribution in [0.3, 0.4) is 0 Å². The number of alkyl carbamates (subject to hydrolysis) is 1. The normalized spacial score (nSPS) is 19.0. The largest absolute Gasteiger partial charge is 0.453 e. The van der Waals surface area contributed by atoms with Gasteiger partial charge in [-0.15, -0.1) is 5.10 Å². The molecule has 4 N–H and O–H groups in total. The highest BCUT2D eigenvalue weighted by molar-refractivity contribution is 6.36. The molecule has 1 amide bonds. The minimum Gasteiger partial charge on any atom is -0.453 e. The standard InChI is InChI=1S/C22H21ClN10O3/c1-36-22(35)29-15-9-32(10-17(15)34)16-5-11(6-24)4-14(18(16)23)28-21-30-19(27-12-2-3-12)20-26-8-13(7-25)33(20)31-21/h4-5,8,12,15,17,34H,2-3,9-10H2,1H3,(H,29,35)(H2,27,28,30,31)/t15-,17-/m1/s1. The molecular formula is C22H21ClN10O3. The van der Waals surface area contributed by atoms with Crippen molar-refractivity contribution in [3.63, 3.8) is 0 Å². The van der Waals surface area contributed by atoms with Crippen LogP contribution in [0.1, 0.15) is 24.1 Å². The maximum Gasteiger partial charge on any atom is 0.407 e. The summed E-state index contributed by atoms with van der Waals surface area (Å²) in [5.41, 5.74) is 1.83. The van der Waals surface area contributed by atoms with Crippen molar-refractivity contribution < 1.29 is 14.6 Å². The van der Waals surface area contributed by atoms with Crippen LogP contribution in [0.15, 0.2) is 18.3 Å². The van der Waals surface area contributed by atoms with Crippen LogP contribution >= 0.6 is 11.6 Å². The van der Waals surface area contributed by atoms with E-state index in [1.54, 1.807) is 17.0 Å². The van der Waals surface area contributed by atoms with Crippen LogP contribution in [-0.4, -0.2) is 69.2 Å². The summed E-state index contributed by atoms with van der Waals surface area (Å²) < 4.78 is 6.01. The number of carbonyl (C=O) groups is 1. The fraction of sp³-hybridized carbons (Fsp3) is 0.364. The molecule has 2 aromatic heterocycles. The lowest BCUT2D eigenvalue weighted by molar-refractivity contribution is 0.138. The Kier molecular flexibility index (Phi) is 6.10. The van der Waals surface area contributed by atoms with Gasteiger partial charge in [0.15, 0.2) is 17.2 Å². The average molecular weight is 509 g/mol. The van der Waals surface area contributed by atoms with Crippen LogP contribution in [0.25, 0.3) is 5.65 Å². The second kappa shape index (κ2) is 9.37. The molecule has 0 radical (unpaired) electrons. The molecule has 36 heavy (non-hydrogen) atoms. The Balaban J connectivity index is 1.49. The number of hydrogen-bond donors (Lipinski definition) is 4. The maximum atomic E-state index is 11.6. The number of methoxy groups -OCH3 is 1. The van der Waals surface area contributed by atoms with Crippen molar-refractivity contribution in [2.24, 2.45) is 0 Å². The molecule has 1 aliphatic carbocycles. The zero-order chi connectivity index (χ0) is 25.4. The third-order valence-electron chi connectivity index (χ3n) is 5.94. The quantitative estimate of drug-likeness (QED) is 0.381. The van der Waals surface area contributed by atoms with Gasteiger partial charge in [-0.05, 0) is 25.0 Å². The predicted octanol–water partition coefficient (Wildman–Crippen LogP) is 1.74. The Labute approximate surface area is 210 Å². The van der Waals surface area contributed by atoms with E-state index in [0.717, 1.165) is 12.8 Å². The Hall–Kier alpha value is -4.33. The lowest BCUT2D eigenvalue weighted by Gasteiger charge is -2.22. The maximum absolute atomic E-state index is 11.6. The van der Waals surface area contributed by atoms with Crippen molar-refractivity contribution in [3.05, 3.63) is 34.6 Å². The molecule has 1 aliphatic heterocycles. The molecule has 1 aromatic carbocycles. The van der Waals surface area contributed by atoms with Gasteiger partial charge in [0, 0.05) is 19.1 Å². The van der Waals surface area contributed by atoms with Crippen molar-refractivity contribution in [2.75, 3.05) is 35.7 Å². The van der Waals surface area contributed by atoms with E-state index in [4.69, 9.17) is 11.6 Å². The summed E-state index contributed by atoms with van der Waals surface area (Å²) in [6.45, 7) is 0.434. The third kappa shape index (κ3) is 4.49. The van der Waals surface area contributed by atoms with Gasteiger partial charge in [-0.1, -0.05) is 11.6 Å². The van der Waals surface area contributed by atoms with E-state index in [1.165, 1.54) is 17.8 Å². The number of rotatable bonds is 6. The monoisotopic (exact) mass is 508 g/mol. The Bertz CT molecular complexity index is 1420. The van der Waals surface area contributed by atoms with Gasteiger partial charge in [0.2, 0.25) is 5.95 Å². The summed E-state index contributed by atoms with van der Waals surface area (Å²) in [4.78, 5) is 22.2. The lowest BCUT2D eigenvalue weighted by Crippen LogP contribution is -2.42. The molecule has 0 unspecified atom stereocenters. The molecule has 2 aliphatic rings. The van der Waals surface area contributed by atoms with E-state index in [9.17, 15) is 20.4 Å². The smallest absolute Gasteiger partial charge is 0.407 e. The molecule has 0 spiro atoms. The van der Waals surface area contributed by atoms with E-state index < -0.39 is 18.2 Å². The van der Waals surface area contributed by atoms with Crippen LogP contribution in [0.4, 0.5) is 27.9 Å². The number of nitrogens with one attached hydrogen (secondary N) is 3. The first kappa shape index (κ1) is 23.4. The Morgan fingerprint density at radius 2 is 2.08 bits per heavy atom. The first-order valence-corrected chi connectivity index (χ1v) is 11.5. The van der Waals surface area contributed by atoms with Crippen molar-refractivity contribution in [3.8, 4) is 12.1 Å². The van der Waals surface area contributed by atoms with Crippen molar-refractivity contribution in [2.45, 2.75) is 31.0 Å². The highest BCUT2D eigenvalue weighted by atomic mass is 35.5. The number of hydrogen-bond acceptors (Lipinski definition) is 11. The number of nitrogens with zero attached hydrogens (tertiary/aromatic N) is 7. The number of benzene rings is 1. The first-order chi connectivity index (χ1) is 17.4. The number of amides is 1. The Morgan fingerprint density at radius 1 is 1.28 bits per heavy atom. The van der Waals surface area contributed by atoms with Gasteiger partial charge in [-0.25, -0.2) is 9.78 Å². The van der Waals surface area contributed by atoms with Crippen LogP contribution < -0.4 is 20.9 Å². The van der Waals surface area contributed by atoms with Crippen molar-refractivity contribution in [1.29, 1.82) is 10.5 Å². The van der Waals surface area contributed by atoms with Crippen LogP contribution in [0, 0.1) is 22.7 Å². The van der Waals surface area contributed by atoms with E-state index in [2.05, 4.69) is 47.9 Å². The number of halogens is 1. The summed E-state index contributed by atoms with van der Waals surface area (Å²) in [5, 5.41) is 43.1. The second-order valence-electron chi connectivity index (χ2n) is 8.50. The molecule has 0 bridgehead atoms. The topological polar surface area (TPSA) is 177 Å². The minimum absolute atomic E-state index is 0.148. The molecule has 13 nitrogen and oxygen atoms in total. The fourth-order valence-electron chi connectivity index (χ4n) is 3.98. The number of β-amino-alcohol motifs (C(OH)–C–C–N with tert-alkyl or cyclic N) is 1. The summed E-state index contributed by atoms with van der Waals surface area (Å²) in [7, 11) is 1.24. The van der Waals surface area contributed by atoms with Gasteiger partial charge in [0.05, 0.1) is 53.5 Å². The van der Waals surface area contributed by atoms with Crippen molar-refractivity contribution in [1.82, 2.24) is 24.9 Å². The van der Waals surface area contributed by atoms with Gasteiger partial charge in [-0.2, -0.15) is 20.0 Å². The molecule has 3 aromatic rings. The van der Waals surface area contributed by atoms with E-state index in [1.807, 2.05) is 0 Å². The summed E-state index contributed by atoms with van der Waals surface area (Å²) in [6, 6.07) is 7.03. The number of nitriles is 2. The summed E-state index contributed by atoms with van der Waals surface area (Å²) in [5.74, 6) is 0.624. The number of carbonyl (C=O) groups excluding carboxylic acids is 1. The molecule has 2 atom stereocenters. The second-order valence-corrected chi connectivity index (χ2v) is 8.88. The number of imidazole rings is 1. The SMILES string of the molecule is COC(=O)N[C@@H]1CN(c2cc(C#N)cc(Nc3nc(NC4CC4)c4ncc(C#N)n4n3)c2Cl)C[C@H]1O. The average Bonchev–Trinajstić information content (AvgIpc) is 3.48. The highest BCUT2D eigenvalue weighted by Crippen LogP contribution is 2.37. The van der Waals surface area contributed by atoms with Crippen LogP contribution in [-0.2, 0) is 4.74 Å². The van der Waals surface area contributed by atoms with Gasteiger partial charge >= 0.3 is 6.09 Å². The lowest BCUT2D eigenvalue weighted by atomic mass is 10.1. The predicted molar refractivity (Wildman–Crippen MR) is 129 cm³/mol. The third-order valence-corrected chi connectivity index (χ3v) is 6.34.